The maximum atomic E-state index is 12.0. The van der Waals surface area contributed by atoms with Gasteiger partial charge in [-0.3, -0.25) is 25.5 Å². The Bertz CT molecular complexity index is 5090. The van der Waals surface area contributed by atoms with Crippen LogP contribution in [0.1, 0.15) is 44.9 Å². The Hall–Kier alpha value is -6.27. The van der Waals surface area contributed by atoms with Crippen LogP contribution < -0.4 is 29.2 Å². The topological polar surface area (TPSA) is 318 Å². The van der Waals surface area contributed by atoms with E-state index in [4.69, 9.17) is 46.4 Å². The van der Waals surface area contributed by atoms with Gasteiger partial charge in [-0.1, -0.05) is 62.3 Å². The molecule has 1 spiro atoms. The van der Waals surface area contributed by atoms with Gasteiger partial charge in [-0.25, -0.2) is 38.4 Å². The molecule has 0 unspecified atom stereocenters. The quantitative estimate of drug-likeness (QED) is 0.0662. The fraction of sp³-hybridized carbons (Fsp3) is 0.470. The van der Waals surface area contributed by atoms with E-state index in [2.05, 4.69) is 108 Å². The molecule has 1 aliphatic carbocycles. The number of rotatable bonds is 12. The van der Waals surface area contributed by atoms with Crippen molar-refractivity contribution >= 4 is 185 Å². The Morgan fingerprint density at radius 3 is 1.18 bits per heavy atom. The number of aromatic amines is 5. The molecule has 6 N–H and O–H groups in total. The fourth-order valence-electron chi connectivity index (χ4n) is 14.2. The van der Waals surface area contributed by atoms with Gasteiger partial charge in [0.1, 0.15) is 9.84 Å². The zero-order valence-corrected chi connectivity index (χ0v) is 65.1. The monoisotopic (exact) mass is 1620 g/mol. The molecular weight excluding hydrogens is 1540 g/mol. The molecule has 0 atom stereocenters. The molecule has 102 heavy (non-hydrogen) atoms. The average molecular weight is 1620 g/mol. The van der Waals surface area contributed by atoms with Crippen LogP contribution in [-0.4, -0.2) is 246 Å². The molecule has 5 aromatic carbocycles. The summed E-state index contributed by atoms with van der Waals surface area (Å²) in [7, 11) is -10.1. The van der Waals surface area contributed by atoms with Crippen LogP contribution in [-0.2, 0) is 39.9 Å². The van der Waals surface area contributed by atoms with E-state index in [9.17, 15) is 33.7 Å². The Morgan fingerprint density at radius 1 is 0.451 bits per heavy atom. The van der Waals surface area contributed by atoms with Crippen molar-refractivity contribution < 1.29 is 33.7 Å². The van der Waals surface area contributed by atoms with E-state index in [0.29, 0.717) is 72.6 Å². The number of benzene rings is 5. The fourth-order valence-corrected chi connectivity index (χ4v) is 19.3. The predicted octanol–water partition coefficient (Wildman–Crippen LogP) is 9.81. The van der Waals surface area contributed by atoms with E-state index in [1.54, 1.807) is 22.9 Å². The highest BCUT2D eigenvalue weighted by Gasteiger charge is 2.55. The maximum absolute atomic E-state index is 12.0. The first-order valence-electron chi connectivity index (χ1n) is 33.6. The summed E-state index contributed by atoms with van der Waals surface area (Å²) in [6.45, 7) is 12.0. The summed E-state index contributed by atoms with van der Waals surface area (Å²) in [5.74, 6) is 0.783. The normalized spacial score (nSPS) is 18.5. The van der Waals surface area contributed by atoms with Crippen molar-refractivity contribution in [3.8, 4) is 0 Å². The van der Waals surface area contributed by atoms with Gasteiger partial charge in [0.25, 0.3) is 0 Å². The lowest BCUT2D eigenvalue weighted by molar-refractivity contribution is 0.273. The third kappa shape index (κ3) is 18.7. The van der Waals surface area contributed by atoms with Gasteiger partial charge in [0, 0.05) is 190 Å². The van der Waals surface area contributed by atoms with Crippen molar-refractivity contribution in [1.82, 2.24) is 69.2 Å². The lowest BCUT2D eigenvalue weighted by Crippen LogP contribution is -2.56. The molecule has 5 saturated heterocycles. The van der Waals surface area contributed by atoms with Crippen molar-refractivity contribution in [2.24, 2.45) is 5.92 Å². The number of piperidine rings is 2. The van der Waals surface area contributed by atoms with Gasteiger partial charge in [0.05, 0.1) is 88.6 Å². The smallest absolute Gasteiger partial charge is 0.211 e. The number of H-pyrrole nitrogens is 5. The molecule has 27 nitrogen and oxygen atoms in total. The van der Waals surface area contributed by atoms with Gasteiger partial charge in [-0.2, -0.15) is 34.1 Å². The van der Waals surface area contributed by atoms with Gasteiger partial charge in [-0.05, 0) is 119 Å². The highest BCUT2D eigenvalue weighted by atomic mass is 79.9. The van der Waals surface area contributed by atoms with Crippen LogP contribution in [0.25, 0.3) is 54.5 Å². The van der Waals surface area contributed by atoms with Crippen LogP contribution >= 0.6 is 62.3 Å². The number of likely N-dealkylation sites (N-methyl/N-ethyl adjacent to an activating group) is 1. The number of sulfonamides is 3. The molecule has 36 heteroatoms. The Labute approximate surface area is 622 Å². The zero-order valence-electron chi connectivity index (χ0n) is 57.2. The third-order valence-corrected chi connectivity index (χ3v) is 25.4. The minimum atomic E-state index is -3.15. The van der Waals surface area contributed by atoms with Gasteiger partial charge >= 0.3 is 0 Å². The molecule has 6 aliphatic rings. The van der Waals surface area contributed by atoms with E-state index in [1.807, 2.05) is 73.1 Å². The molecule has 0 radical (unpaired) electrons. The van der Waals surface area contributed by atoms with Crippen molar-refractivity contribution in [2.75, 3.05) is 160 Å². The molecule has 5 aliphatic heterocycles. The number of fused-ring (bicyclic) bond motifs is 5. The SMILES string of the molecule is CN1CCN(c2cc(Cl)cc3[nH]ncc23)CC1.CS(=O)(=O)CCC1CCN(c2cc(Cl)cc3[nH]ncc23)CC1.CS(=O)(=O)N1CCN(c2cc(Br)cc3[nH]ncc23)CC1.CS(=O)(=O)N1CCN(c2cc(Cl)cc3[nH]ncc23)CC12CC2.CS(=O)(=O)NC1CCN(c2cc(Cl)cc3[nH]ncc23)CC1. The molecule has 6 fully saturated rings. The van der Waals surface area contributed by atoms with Crippen molar-refractivity contribution in [3.05, 3.63) is 116 Å². The van der Waals surface area contributed by atoms with Crippen LogP contribution in [0.4, 0.5) is 28.4 Å². The van der Waals surface area contributed by atoms with Crippen molar-refractivity contribution in [3.63, 3.8) is 0 Å². The van der Waals surface area contributed by atoms with E-state index in [0.717, 1.165) is 184 Å². The molecule has 10 aromatic rings. The summed E-state index contributed by atoms with van der Waals surface area (Å²) >= 11 is 28.2. The zero-order chi connectivity index (χ0) is 72.5. The largest absolute Gasteiger partial charge is 0.371 e. The second-order valence-electron chi connectivity index (χ2n) is 27.2. The minimum absolute atomic E-state index is 0.00951. The van der Waals surface area contributed by atoms with Crippen LogP contribution in [0, 0.1) is 5.92 Å². The van der Waals surface area contributed by atoms with E-state index >= 15 is 0 Å². The maximum Gasteiger partial charge on any atom is 0.211 e. The summed E-state index contributed by atoms with van der Waals surface area (Å²) in [5, 5.41) is 43.3. The van der Waals surface area contributed by atoms with Crippen LogP contribution in [0.2, 0.25) is 20.1 Å². The standard InChI is InChI=1S/C15H20ClN3O2S.C14H17ClN4O2S.C13H17ClN4O2S.C12H15BrN4O2S.C12H15ClN4/c1-22(20,21)7-4-11-2-5-19(6-3-11)15-9-12(16)8-14-13(15)10-17-18-14;1-22(20,21)19-5-4-18(9-14(19)2-3-14)13-7-10(15)6-12-11(13)8-16-17-12;1-21(19,20)17-10-2-4-18(5-3-10)13-7-9(14)6-12-11(13)8-15-16-12;1-20(18,19)17-4-2-16(3-5-17)12-7-9(13)6-11-10(12)8-14-15-11;1-16-2-4-17(5-3-16)12-7-9(13)6-11-10(12)8-14-15-11/h8-11H,2-7H2,1H3,(H,17,18);6-8H,2-5,9H2,1H3,(H,16,17);6-8,10,17H,2-5H2,1H3,(H,15,16);6-8H,2-5H2,1H3,(H,14,15);6-8H,2-5H2,1H3,(H,14,15). The number of piperazine rings is 3. The number of anilines is 5. The summed E-state index contributed by atoms with van der Waals surface area (Å²) in [5.41, 5.74) is 9.95. The summed E-state index contributed by atoms with van der Waals surface area (Å²) in [6, 6.07) is 19.4. The van der Waals surface area contributed by atoms with Crippen molar-refractivity contribution in [1.29, 1.82) is 0 Å². The Balaban J connectivity index is 0.000000121. The molecule has 16 rings (SSSR count). The number of aromatic nitrogens is 10. The molecule has 1 saturated carbocycles. The average Bonchev–Trinajstić information content (AvgIpc) is 1.57. The summed E-state index contributed by atoms with van der Waals surface area (Å²) in [4.78, 5) is 13.7. The van der Waals surface area contributed by atoms with Gasteiger partial charge in [-0.15, -0.1) is 0 Å². The second kappa shape index (κ2) is 31.4. The number of nitrogens with zero attached hydrogens (tertiary/aromatic N) is 13. The molecular formula is C66H84BrCl4N19O8S4. The van der Waals surface area contributed by atoms with Crippen LogP contribution in [0.5, 0.6) is 0 Å². The molecule has 0 bridgehead atoms. The lowest BCUT2D eigenvalue weighted by Gasteiger charge is -2.41. The Morgan fingerprint density at radius 2 is 0.804 bits per heavy atom. The summed E-state index contributed by atoms with van der Waals surface area (Å²) in [6.07, 6.45) is 20.4. The summed E-state index contributed by atoms with van der Waals surface area (Å²) < 4.78 is 99.0. The number of nitrogens with one attached hydrogen (secondary N) is 6. The third-order valence-electron chi connectivity index (χ3n) is 19.6. The van der Waals surface area contributed by atoms with Crippen LogP contribution in [0.15, 0.2) is 96.1 Å². The van der Waals surface area contributed by atoms with E-state index in [-0.39, 0.29) is 11.6 Å². The lowest BCUT2D eigenvalue weighted by atomic mass is 9.94. The molecule has 10 heterocycles. The first kappa shape index (κ1) is 75.4. The van der Waals surface area contributed by atoms with Crippen molar-refractivity contribution in [2.45, 2.75) is 56.5 Å². The number of hydrogen-bond donors (Lipinski definition) is 6. The number of sulfone groups is 1. The van der Waals surface area contributed by atoms with E-state index < -0.39 is 39.9 Å². The first-order valence-corrected chi connectivity index (χ1v) is 43.5. The highest BCUT2D eigenvalue weighted by molar-refractivity contribution is 9.10. The van der Waals surface area contributed by atoms with Crippen LogP contribution in [0.3, 0.4) is 0 Å². The molecule has 550 valence electrons. The highest BCUT2D eigenvalue weighted by Crippen LogP contribution is 2.47. The number of hydrogen-bond acceptors (Lipinski definition) is 19. The minimum Gasteiger partial charge on any atom is -0.371 e. The van der Waals surface area contributed by atoms with E-state index in [1.165, 1.54) is 35.0 Å². The predicted molar refractivity (Wildman–Crippen MR) is 415 cm³/mol. The first-order chi connectivity index (χ1) is 48.4. The molecule has 5 aromatic heterocycles. The van der Waals surface area contributed by atoms with Gasteiger partial charge in [0.2, 0.25) is 30.1 Å². The molecule has 0 amide bonds. The second-order valence-corrected chi connectivity index (χ2v) is 37.8. The number of halogens is 5. The Kier molecular flexibility index (Phi) is 23.2. The van der Waals surface area contributed by atoms with Gasteiger partial charge < -0.3 is 29.4 Å². The van der Waals surface area contributed by atoms with Gasteiger partial charge in [0.15, 0.2) is 0 Å².